The molecule has 0 aliphatic carbocycles. The average molecular weight is 377 g/mol. The van der Waals surface area contributed by atoms with Gasteiger partial charge in [0.25, 0.3) is 11.8 Å². The number of hydrogen-bond acceptors (Lipinski definition) is 3. The molecule has 0 aliphatic rings. The minimum absolute atomic E-state index is 0.121. The Balaban J connectivity index is 1.78. The Kier molecular flexibility index (Phi) is 4.68. The number of nitrogens with one attached hydrogen (secondary N) is 1. The Morgan fingerprint density at radius 2 is 1.73 bits per heavy atom. The van der Waals surface area contributed by atoms with Crippen LogP contribution in [0.25, 0.3) is 5.69 Å². The summed E-state index contributed by atoms with van der Waals surface area (Å²) in [7, 11) is 0. The first-order valence-corrected chi connectivity index (χ1v) is 7.65. The van der Waals surface area contributed by atoms with Crippen LogP contribution >= 0.6 is 11.6 Å². The van der Waals surface area contributed by atoms with E-state index in [9.17, 15) is 18.4 Å². The van der Waals surface area contributed by atoms with Crippen LogP contribution in [0.1, 0.15) is 20.8 Å². The summed E-state index contributed by atoms with van der Waals surface area (Å²) in [5, 5.41) is 6.34. The zero-order valence-electron chi connectivity index (χ0n) is 13.0. The number of nitrogens with zero attached hydrogens (tertiary/aromatic N) is 2. The summed E-state index contributed by atoms with van der Waals surface area (Å²) in [6, 6.07) is 9.38. The molecule has 0 unspecified atom stereocenters. The predicted octanol–water partition coefficient (Wildman–Crippen LogP) is 3.16. The molecular formula is C17H11ClF2N4O2. The van der Waals surface area contributed by atoms with E-state index in [-0.39, 0.29) is 16.3 Å². The van der Waals surface area contributed by atoms with Gasteiger partial charge in [-0.05, 0) is 42.5 Å². The third-order valence-corrected chi connectivity index (χ3v) is 3.80. The Morgan fingerprint density at radius 3 is 2.35 bits per heavy atom. The lowest BCUT2D eigenvalue weighted by Crippen LogP contribution is -2.13. The van der Waals surface area contributed by atoms with Crippen LogP contribution < -0.4 is 11.1 Å². The number of nitrogens with two attached hydrogens (primary N) is 1. The van der Waals surface area contributed by atoms with E-state index in [0.29, 0.717) is 11.4 Å². The van der Waals surface area contributed by atoms with Gasteiger partial charge in [0, 0.05) is 11.9 Å². The molecule has 1 heterocycles. The van der Waals surface area contributed by atoms with Gasteiger partial charge in [-0.2, -0.15) is 5.10 Å². The van der Waals surface area contributed by atoms with Crippen LogP contribution in [0, 0.1) is 11.6 Å². The first-order valence-electron chi connectivity index (χ1n) is 7.27. The molecule has 0 bridgehead atoms. The van der Waals surface area contributed by atoms with E-state index in [4.69, 9.17) is 17.3 Å². The Hall–Kier alpha value is -3.26. The summed E-state index contributed by atoms with van der Waals surface area (Å²) in [6.07, 6.45) is 1.56. The van der Waals surface area contributed by atoms with E-state index in [0.717, 1.165) is 12.1 Å². The summed E-state index contributed by atoms with van der Waals surface area (Å²) < 4.78 is 27.8. The van der Waals surface area contributed by atoms with Gasteiger partial charge in [0.2, 0.25) is 0 Å². The topological polar surface area (TPSA) is 90.0 Å². The van der Waals surface area contributed by atoms with Crippen molar-refractivity contribution in [2.24, 2.45) is 5.73 Å². The van der Waals surface area contributed by atoms with Crippen molar-refractivity contribution in [1.82, 2.24) is 9.78 Å². The molecule has 0 fully saturated rings. The number of anilines is 1. The summed E-state index contributed by atoms with van der Waals surface area (Å²) in [5.41, 5.74) is 6.11. The number of carbonyl (C=O) groups excluding carboxylic acids is 2. The van der Waals surface area contributed by atoms with Gasteiger partial charge in [-0.25, -0.2) is 13.5 Å². The van der Waals surface area contributed by atoms with E-state index >= 15 is 0 Å². The third-order valence-electron chi connectivity index (χ3n) is 3.49. The molecular weight excluding hydrogens is 366 g/mol. The van der Waals surface area contributed by atoms with Crippen LogP contribution in [-0.4, -0.2) is 21.6 Å². The number of halogens is 3. The fourth-order valence-electron chi connectivity index (χ4n) is 2.19. The molecule has 2 aromatic carbocycles. The Bertz CT molecular complexity index is 1000. The summed E-state index contributed by atoms with van der Waals surface area (Å²) >= 11 is 5.78. The third kappa shape index (κ3) is 3.55. The fourth-order valence-corrected chi connectivity index (χ4v) is 2.43. The minimum Gasteiger partial charge on any atom is -0.364 e. The zero-order valence-corrected chi connectivity index (χ0v) is 13.8. The fraction of sp³-hybridized carbons (Fsp3) is 0. The number of aromatic nitrogens is 2. The van der Waals surface area contributed by atoms with Crippen LogP contribution in [0.4, 0.5) is 14.5 Å². The molecule has 26 heavy (non-hydrogen) atoms. The molecule has 3 aromatic rings. The van der Waals surface area contributed by atoms with E-state index in [1.165, 1.54) is 10.7 Å². The van der Waals surface area contributed by atoms with Gasteiger partial charge in [0.05, 0.1) is 16.3 Å². The molecule has 0 atom stereocenters. The second kappa shape index (κ2) is 6.93. The van der Waals surface area contributed by atoms with Crippen molar-refractivity contribution in [3.63, 3.8) is 0 Å². The zero-order chi connectivity index (χ0) is 18.8. The molecule has 9 heteroatoms. The molecule has 6 nitrogen and oxygen atoms in total. The SMILES string of the molecule is NC(=O)c1ccn(-c2ccc(NC(=O)c3cc(F)c(F)cc3Cl)cc2)n1. The molecule has 0 radical (unpaired) electrons. The summed E-state index contributed by atoms with van der Waals surface area (Å²) in [5.74, 6) is -3.63. The standard InChI is InChI=1S/C17H11ClF2N4O2/c18-12-8-14(20)13(19)7-11(12)17(26)22-9-1-3-10(4-2-9)24-6-5-15(23-24)16(21)25/h1-8H,(H2,21,25)(H,22,26). The Labute approximate surface area is 151 Å². The van der Waals surface area contributed by atoms with Crippen LogP contribution in [-0.2, 0) is 0 Å². The van der Waals surface area contributed by atoms with E-state index in [2.05, 4.69) is 10.4 Å². The first kappa shape index (κ1) is 17.6. The molecule has 0 saturated heterocycles. The average Bonchev–Trinajstić information content (AvgIpc) is 3.09. The summed E-state index contributed by atoms with van der Waals surface area (Å²) in [6.45, 7) is 0. The minimum atomic E-state index is -1.17. The van der Waals surface area contributed by atoms with Crippen LogP contribution in [0.3, 0.4) is 0 Å². The van der Waals surface area contributed by atoms with E-state index in [1.807, 2.05) is 0 Å². The number of rotatable bonds is 4. The molecule has 1 aromatic heterocycles. The molecule has 3 rings (SSSR count). The van der Waals surface area contributed by atoms with Gasteiger partial charge in [0.1, 0.15) is 5.69 Å². The Morgan fingerprint density at radius 1 is 1.08 bits per heavy atom. The van der Waals surface area contributed by atoms with Crippen molar-refractivity contribution >= 4 is 29.1 Å². The molecule has 2 amide bonds. The normalized spacial score (nSPS) is 10.6. The molecule has 0 saturated carbocycles. The van der Waals surface area contributed by atoms with Crippen molar-refractivity contribution in [2.75, 3.05) is 5.32 Å². The van der Waals surface area contributed by atoms with Gasteiger partial charge >= 0.3 is 0 Å². The lowest BCUT2D eigenvalue weighted by Gasteiger charge is -2.08. The number of primary amides is 1. The number of amides is 2. The molecule has 3 N–H and O–H groups in total. The van der Waals surface area contributed by atoms with Crippen LogP contribution in [0.5, 0.6) is 0 Å². The molecule has 0 aliphatic heterocycles. The van der Waals surface area contributed by atoms with E-state index in [1.54, 1.807) is 30.5 Å². The maximum atomic E-state index is 13.3. The molecule has 0 spiro atoms. The van der Waals surface area contributed by atoms with Crippen molar-refractivity contribution in [2.45, 2.75) is 0 Å². The lowest BCUT2D eigenvalue weighted by atomic mass is 10.2. The van der Waals surface area contributed by atoms with Crippen molar-refractivity contribution in [1.29, 1.82) is 0 Å². The first-order chi connectivity index (χ1) is 12.3. The van der Waals surface area contributed by atoms with Gasteiger partial charge in [-0.3, -0.25) is 9.59 Å². The maximum absolute atomic E-state index is 13.3. The van der Waals surface area contributed by atoms with E-state index < -0.39 is 23.4 Å². The van der Waals surface area contributed by atoms with Crippen LogP contribution in [0.15, 0.2) is 48.7 Å². The summed E-state index contributed by atoms with van der Waals surface area (Å²) in [4.78, 5) is 23.2. The maximum Gasteiger partial charge on any atom is 0.269 e. The highest BCUT2D eigenvalue weighted by atomic mass is 35.5. The number of hydrogen-bond donors (Lipinski definition) is 2. The second-order valence-corrected chi connectivity index (χ2v) is 5.66. The van der Waals surface area contributed by atoms with Crippen molar-refractivity contribution in [3.8, 4) is 5.69 Å². The highest BCUT2D eigenvalue weighted by molar-refractivity contribution is 6.34. The predicted molar refractivity (Wildman–Crippen MR) is 91.4 cm³/mol. The van der Waals surface area contributed by atoms with Crippen LogP contribution in [0.2, 0.25) is 5.02 Å². The second-order valence-electron chi connectivity index (χ2n) is 5.26. The van der Waals surface area contributed by atoms with Gasteiger partial charge in [-0.15, -0.1) is 0 Å². The number of benzene rings is 2. The largest absolute Gasteiger partial charge is 0.364 e. The van der Waals surface area contributed by atoms with Crippen molar-refractivity contribution in [3.05, 3.63) is 76.6 Å². The van der Waals surface area contributed by atoms with Gasteiger partial charge in [0.15, 0.2) is 11.6 Å². The number of carbonyl (C=O) groups is 2. The quantitative estimate of drug-likeness (QED) is 0.685. The van der Waals surface area contributed by atoms with Gasteiger partial charge in [-0.1, -0.05) is 11.6 Å². The smallest absolute Gasteiger partial charge is 0.269 e. The lowest BCUT2D eigenvalue weighted by molar-refractivity contribution is 0.0993. The molecule has 132 valence electrons. The van der Waals surface area contributed by atoms with Gasteiger partial charge < -0.3 is 11.1 Å². The highest BCUT2D eigenvalue weighted by Gasteiger charge is 2.15. The monoisotopic (exact) mass is 376 g/mol. The van der Waals surface area contributed by atoms with Crippen molar-refractivity contribution < 1.29 is 18.4 Å². The highest BCUT2D eigenvalue weighted by Crippen LogP contribution is 2.22.